The van der Waals surface area contributed by atoms with E-state index in [0.717, 1.165) is 34.6 Å². The molecule has 0 fully saturated rings. The second-order valence-corrected chi connectivity index (χ2v) is 7.50. The molecule has 0 unspecified atom stereocenters. The first kappa shape index (κ1) is 20.3. The number of likely N-dealkylation sites (N-methyl/N-ethyl adjacent to an activating group) is 1. The van der Waals surface area contributed by atoms with Crippen molar-refractivity contribution in [2.75, 3.05) is 32.1 Å². The number of carbonyl (C=O) groups excluding carboxylic acids is 1. The Labute approximate surface area is 180 Å². The second-order valence-electron chi connectivity index (χ2n) is 7.10. The highest BCUT2D eigenvalue weighted by Crippen LogP contribution is 2.41. The van der Waals surface area contributed by atoms with Gasteiger partial charge in [0, 0.05) is 47.7 Å². The van der Waals surface area contributed by atoms with Gasteiger partial charge in [-0.2, -0.15) is 0 Å². The van der Waals surface area contributed by atoms with Crippen molar-refractivity contribution in [2.24, 2.45) is 0 Å². The van der Waals surface area contributed by atoms with Crippen LogP contribution >= 0.6 is 11.6 Å². The molecule has 30 heavy (non-hydrogen) atoms. The molecule has 1 aliphatic rings. The van der Waals surface area contributed by atoms with Gasteiger partial charge in [-0.25, -0.2) is 0 Å². The van der Waals surface area contributed by atoms with E-state index in [4.69, 9.17) is 16.3 Å². The Hall–Kier alpha value is -3.03. The molecule has 2 aromatic heterocycles. The average Bonchev–Trinajstić information content (AvgIpc) is 3.11. The van der Waals surface area contributed by atoms with Crippen LogP contribution in [0.4, 0.5) is 11.4 Å². The average molecular weight is 426 g/mol. The molecule has 0 bridgehead atoms. The largest absolute Gasteiger partial charge is 0.490 e. The van der Waals surface area contributed by atoms with E-state index in [2.05, 4.69) is 25.9 Å². The van der Waals surface area contributed by atoms with Gasteiger partial charge >= 0.3 is 0 Å². The number of hydrogen-bond donors (Lipinski definition) is 4. The maximum Gasteiger partial charge on any atom is 0.255 e. The van der Waals surface area contributed by atoms with E-state index in [1.807, 2.05) is 38.2 Å². The predicted molar refractivity (Wildman–Crippen MR) is 119 cm³/mol. The van der Waals surface area contributed by atoms with Crippen molar-refractivity contribution >= 4 is 28.9 Å². The Balaban J connectivity index is 1.83. The van der Waals surface area contributed by atoms with Crippen LogP contribution in [0.1, 0.15) is 21.6 Å². The summed E-state index contributed by atoms with van der Waals surface area (Å²) in [5.74, 6) is 0.547. The summed E-state index contributed by atoms with van der Waals surface area (Å²) >= 11 is 6.32. The molecule has 0 atom stereocenters. The van der Waals surface area contributed by atoms with Crippen molar-refractivity contribution in [1.29, 1.82) is 0 Å². The van der Waals surface area contributed by atoms with Gasteiger partial charge < -0.3 is 25.7 Å². The molecule has 3 aromatic rings. The fourth-order valence-electron chi connectivity index (χ4n) is 3.55. The number of aromatic nitrogens is 2. The molecular weight excluding hydrogens is 402 g/mol. The number of benzene rings is 1. The summed E-state index contributed by atoms with van der Waals surface area (Å²) in [5, 5.41) is 10.1. The summed E-state index contributed by atoms with van der Waals surface area (Å²) in [6.07, 6.45) is 4.14. The normalized spacial score (nSPS) is 13.0. The summed E-state index contributed by atoms with van der Waals surface area (Å²) in [6, 6.07) is 7.57. The number of nitrogens with one attached hydrogen (secondary N) is 4. The lowest BCUT2D eigenvalue weighted by Crippen LogP contribution is -2.31. The number of nitrogens with zero attached hydrogens (tertiary/aromatic N) is 1. The minimum atomic E-state index is -0.104. The molecule has 0 spiro atoms. The fraction of sp³-hybridized carbons (Fsp3) is 0.273. The standard InChI is InChI=1S/C22H24ClN5O2/c1-13-15(23)4-3-5-16(13)27-21-19-17(7-9-26-22(19)29)28-20(21)14-6-8-25-12-18(14)30-11-10-24-2/h3-6,8,12,24,27-28H,7,9-11H2,1-2H3,(H,26,29). The van der Waals surface area contributed by atoms with Crippen LogP contribution in [0.15, 0.2) is 36.7 Å². The zero-order valence-corrected chi connectivity index (χ0v) is 17.7. The van der Waals surface area contributed by atoms with E-state index in [1.165, 1.54) is 0 Å². The Kier molecular flexibility index (Phi) is 5.92. The van der Waals surface area contributed by atoms with Crippen molar-refractivity contribution in [3.8, 4) is 17.0 Å². The van der Waals surface area contributed by atoms with E-state index in [1.54, 1.807) is 12.4 Å². The van der Waals surface area contributed by atoms with Crippen LogP contribution in [-0.2, 0) is 6.42 Å². The predicted octanol–water partition coefficient (Wildman–Crippen LogP) is 3.67. The Bertz CT molecular complexity index is 1080. The monoisotopic (exact) mass is 425 g/mol. The number of rotatable bonds is 7. The van der Waals surface area contributed by atoms with E-state index in [0.29, 0.717) is 41.7 Å². The molecule has 4 rings (SSSR count). The topological polar surface area (TPSA) is 91.1 Å². The van der Waals surface area contributed by atoms with Crippen LogP contribution in [0.25, 0.3) is 11.3 Å². The van der Waals surface area contributed by atoms with E-state index < -0.39 is 0 Å². The van der Waals surface area contributed by atoms with E-state index in [9.17, 15) is 4.79 Å². The molecule has 0 saturated carbocycles. The maximum atomic E-state index is 12.7. The molecule has 0 radical (unpaired) electrons. The van der Waals surface area contributed by atoms with Gasteiger partial charge in [0.2, 0.25) is 0 Å². The van der Waals surface area contributed by atoms with Crippen LogP contribution in [0, 0.1) is 6.92 Å². The van der Waals surface area contributed by atoms with Crippen LogP contribution in [0.2, 0.25) is 5.02 Å². The number of anilines is 2. The van der Waals surface area contributed by atoms with E-state index >= 15 is 0 Å². The first-order valence-corrected chi connectivity index (χ1v) is 10.2. The number of amides is 1. The molecule has 0 saturated heterocycles. The molecule has 1 aliphatic heterocycles. The third kappa shape index (κ3) is 3.86. The number of halogens is 1. The number of ether oxygens (including phenoxy) is 1. The van der Waals surface area contributed by atoms with Crippen LogP contribution < -0.4 is 20.7 Å². The quantitative estimate of drug-likeness (QED) is 0.433. The van der Waals surface area contributed by atoms with Gasteiger partial charge in [0.15, 0.2) is 0 Å². The maximum absolute atomic E-state index is 12.7. The molecule has 7 nitrogen and oxygen atoms in total. The molecule has 0 aliphatic carbocycles. The molecule has 3 heterocycles. The lowest BCUT2D eigenvalue weighted by molar-refractivity contribution is 0.0947. The summed E-state index contributed by atoms with van der Waals surface area (Å²) in [6.45, 7) is 3.77. The van der Waals surface area contributed by atoms with Gasteiger partial charge in [0.1, 0.15) is 12.4 Å². The SMILES string of the molecule is CNCCOc1cnccc1-c1[nH]c2c(c1Nc1cccc(Cl)c1C)C(=O)NCC2. The third-order valence-electron chi connectivity index (χ3n) is 5.16. The smallest absolute Gasteiger partial charge is 0.255 e. The molecule has 8 heteroatoms. The van der Waals surface area contributed by atoms with Crippen LogP contribution in [-0.4, -0.2) is 42.6 Å². The number of hydrogen-bond acceptors (Lipinski definition) is 5. The fourth-order valence-corrected chi connectivity index (χ4v) is 3.72. The molecular formula is C22H24ClN5O2. The van der Waals surface area contributed by atoms with Gasteiger partial charge in [-0.15, -0.1) is 0 Å². The number of carbonyl (C=O) groups is 1. The van der Waals surface area contributed by atoms with Gasteiger partial charge in [0.25, 0.3) is 5.91 Å². The Morgan fingerprint density at radius 3 is 3.00 bits per heavy atom. The summed E-state index contributed by atoms with van der Waals surface area (Å²) in [4.78, 5) is 20.4. The first-order chi connectivity index (χ1) is 14.6. The Morgan fingerprint density at radius 2 is 2.17 bits per heavy atom. The van der Waals surface area contributed by atoms with Crippen molar-refractivity contribution in [2.45, 2.75) is 13.3 Å². The van der Waals surface area contributed by atoms with Crippen molar-refractivity contribution in [3.63, 3.8) is 0 Å². The number of H-pyrrole nitrogens is 1. The molecule has 1 aromatic carbocycles. The number of fused-ring (bicyclic) bond motifs is 1. The van der Waals surface area contributed by atoms with E-state index in [-0.39, 0.29) is 5.91 Å². The summed E-state index contributed by atoms with van der Waals surface area (Å²) < 4.78 is 5.94. The third-order valence-corrected chi connectivity index (χ3v) is 5.57. The number of aromatic amines is 1. The lowest BCUT2D eigenvalue weighted by atomic mass is 10.0. The van der Waals surface area contributed by atoms with Gasteiger partial charge in [0.05, 0.1) is 23.1 Å². The highest BCUT2D eigenvalue weighted by atomic mass is 35.5. The minimum absolute atomic E-state index is 0.104. The summed E-state index contributed by atoms with van der Waals surface area (Å²) in [7, 11) is 1.88. The Morgan fingerprint density at radius 1 is 1.30 bits per heavy atom. The highest BCUT2D eigenvalue weighted by molar-refractivity contribution is 6.31. The van der Waals surface area contributed by atoms with Crippen molar-refractivity contribution in [3.05, 3.63) is 58.5 Å². The first-order valence-electron chi connectivity index (χ1n) is 9.87. The minimum Gasteiger partial charge on any atom is -0.490 e. The highest BCUT2D eigenvalue weighted by Gasteiger charge is 2.28. The van der Waals surface area contributed by atoms with Gasteiger partial charge in [-0.1, -0.05) is 17.7 Å². The molecule has 4 N–H and O–H groups in total. The van der Waals surface area contributed by atoms with Crippen molar-refractivity contribution < 1.29 is 9.53 Å². The lowest BCUT2D eigenvalue weighted by Gasteiger charge is -2.17. The summed E-state index contributed by atoms with van der Waals surface area (Å²) in [5.41, 5.74) is 5.61. The second kappa shape index (κ2) is 8.77. The number of pyridine rings is 1. The molecule has 1 amide bonds. The zero-order valence-electron chi connectivity index (χ0n) is 16.9. The zero-order chi connectivity index (χ0) is 21.1. The molecule has 156 valence electrons. The van der Waals surface area contributed by atoms with Crippen LogP contribution in [0.5, 0.6) is 5.75 Å². The van der Waals surface area contributed by atoms with Gasteiger partial charge in [-0.3, -0.25) is 9.78 Å². The van der Waals surface area contributed by atoms with Crippen LogP contribution in [0.3, 0.4) is 0 Å². The van der Waals surface area contributed by atoms with Gasteiger partial charge in [-0.05, 0) is 37.7 Å². The van der Waals surface area contributed by atoms with Crippen molar-refractivity contribution in [1.82, 2.24) is 20.6 Å².